The Morgan fingerprint density at radius 2 is 1.48 bits per heavy atom. The fourth-order valence-corrected chi connectivity index (χ4v) is 10.6. The van der Waals surface area contributed by atoms with Gasteiger partial charge >= 0.3 is 115 Å². The molecule has 0 aliphatic rings. The van der Waals surface area contributed by atoms with E-state index in [4.69, 9.17) is 5.11 Å². The van der Waals surface area contributed by atoms with Crippen LogP contribution in [0.5, 0.6) is 0 Å². The SMILES string of the molecule is CC(O)C(=O)[O-].OCC[N+](CCO)(CCO)[Hg][c]1ccccc1. The molecule has 0 saturated heterocycles. The molecule has 0 aliphatic carbocycles. The van der Waals surface area contributed by atoms with Crippen molar-refractivity contribution in [2.75, 3.05) is 39.5 Å². The van der Waals surface area contributed by atoms with E-state index in [2.05, 4.69) is 12.1 Å². The summed E-state index contributed by atoms with van der Waals surface area (Å²) in [6.45, 7) is 3.44. The fourth-order valence-electron chi connectivity index (χ4n) is 2.18. The van der Waals surface area contributed by atoms with E-state index in [0.717, 1.165) is 9.17 Å². The minimum atomic E-state index is -1.52. The van der Waals surface area contributed by atoms with Crippen LogP contribution in [0.2, 0.25) is 0 Å². The number of aliphatic hydroxyl groups is 4. The minimum absolute atomic E-state index is 0.118. The summed E-state index contributed by atoms with van der Waals surface area (Å²) < 4.78 is 2.12. The third-order valence-corrected chi connectivity index (χ3v) is 13.0. The topological polar surface area (TPSA) is 121 Å². The molecule has 1 unspecified atom stereocenters. The maximum atomic E-state index is 9.34. The average Bonchev–Trinajstić information content (AvgIpc) is 2.49. The van der Waals surface area contributed by atoms with Crippen molar-refractivity contribution in [3.63, 3.8) is 0 Å². The van der Waals surface area contributed by atoms with Crippen LogP contribution < -0.4 is 8.18 Å². The molecule has 0 radical (unpaired) electrons. The summed E-state index contributed by atoms with van der Waals surface area (Å²) in [6, 6.07) is 10.3. The molecule has 7 nitrogen and oxygen atoms in total. The number of aliphatic carboxylic acids is 1. The molecular weight excluding hydrogens is 491 g/mol. The van der Waals surface area contributed by atoms with Crippen LogP contribution in [0.1, 0.15) is 6.92 Å². The third-order valence-electron chi connectivity index (χ3n) is 3.42. The van der Waals surface area contributed by atoms with Gasteiger partial charge in [0.05, 0.1) is 12.1 Å². The summed E-state index contributed by atoms with van der Waals surface area (Å²) in [5.74, 6) is -1.44. The number of hydrogen-bond acceptors (Lipinski definition) is 6. The van der Waals surface area contributed by atoms with Crippen LogP contribution in [-0.2, 0) is 29.7 Å². The number of nitrogens with zero attached hydrogens (tertiary/aromatic N) is 1. The van der Waals surface area contributed by atoms with Crippen LogP contribution in [0.25, 0.3) is 0 Å². The number of carboxylic acids is 1. The van der Waals surface area contributed by atoms with Crippen LogP contribution in [-0.4, -0.2) is 74.2 Å². The van der Waals surface area contributed by atoms with Crippen molar-refractivity contribution < 1.29 is 57.4 Å². The van der Waals surface area contributed by atoms with Gasteiger partial charge in [-0.3, -0.25) is 0 Å². The normalized spacial score (nSPS) is 11.9. The Hall–Kier alpha value is -0.575. The van der Waals surface area contributed by atoms with Crippen molar-refractivity contribution in [3.8, 4) is 0 Å². The molecule has 1 aromatic carbocycles. The fraction of sp³-hybridized carbons (Fsp3) is 0.533. The van der Waals surface area contributed by atoms with Gasteiger partial charge in [0.15, 0.2) is 0 Å². The van der Waals surface area contributed by atoms with Crippen molar-refractivity contribution in [1.29, 1.82) is 0 Å². The molecule has 23 heavy (non-hydrogen) atoms. The summed E-state index contributed by atoms with van der Waals surface area (Å²) in [4.78, 5) is 9.34. The molecule has 4 N–H and O–H groups in total. The molecule has 1 atom stereocenters. The first-order valence-corrected chi connectivity index (χ1v) is 12.7. The number of benzene rings is 1. The number of carbonyl (C=O) groups is 1. The quantitative estimate of drug-likeness (QED) is 0.264. The second kappa shape index (κ2) is 12.8. The van der Waals surface area contributed by atoms with E-state index >= 15 is 0 Å². The first kappa shape index (κ1) is 22.4. The van der Waals surface area contributed by atoms with E-state index in [1.165, 1.54) is 3.07 Å². The van der Waals surface area contributed by atoms with Crippen LogP contribution in [0, 0.1) is 0 Å². The first-order valence-electron chi connectivity index (χ1n) is 7.51. The van der Waals surface area contributed by atoms with Crippen molar-refractivity contribution in [3.05, 3.63) is 30.3 Å². The van der Waals surface area contributed by atoms with Crippen molar-refractivity contribution in [1.82, 2.24) is 0 Å². The van der Waals surface area contributed by atoms with E-state index in [1.54, 1.807) is 0 Å². The second-order valence-electron chi connectivity index (χ2n) is 5.32. The summed E-state index contributed by atoms with van der Waals surface area (Å²) >= 11 is -1.52. The van der Waals surface area contributed by atoms with Gasteiger partial charge in [0.25, 0.3) is 0 Å². The third kappa shape index (κ3) is 10.0. The Balaban J connectivity index is 0.000000688. The van der Waals surface area contributed by atoms with E-state index in [1.807, 2.05) is 18.2 Å². The summed E-state index contributed by atoms with van der Waals surface area (Å²) in [7, 11) is 0. The number of quaternary nitrogens is 1. The predicted octanol–water partition coefficient (Wildman–Crippen LogP) is -2.78. The Labute approximate surface area is 149 Å². The Kier molecular flexibility index (Phi) is 12.5. The van der Waals surface area contributed by atoms with Gasteiger partial charge in [-0.1, -0.05) is 0 Å². The van der Waals surface area contributed by atoms with Crippen LogP contribution >= 0.6 is 0 Å². The molecule has 8 heteroatoms. The van der Waals surface area contributed by atoms with E-state index in [9.17, 15) is 25.2 Å². The molecule has 0 spiro atoms. The van der Waals surface area contributed by atoms with Crippen LogP contribution in [0.3, 0.4) is 0 Å². The number of carboxylic acid groups (broad SMARTS) is 1. The number of carbonyl (C=O) groups excluding carboxylic acids is 1. The molecule has 1 aromatic rings. The van der Waals surface area contributed by atoms with E-state index in [-0.39, 0.29) is 19.8 Å². The Bertz CT molecular complexity index is 412. The van der Waals surface area contributed by atoms with Gasteiger partial charge in [-0.05, 0) is 6.92 Å². The average molecular weight is 516 g/mol. The number of rotatable bonds is 9. The molecular formula is C15H25HgNO6. The molecule has 0 saturated carbocycles. The Morgan fingerprint density at radius 3 is 1.78 bits per heavy atom. The molecule has 1 rings (SSSR count). The van der Waals surface area contributed by atoms with Gasteiger partial charge in [-0.25, -0.2) is 0 Å². The first-order chi connectivity index (χ1) is 10.9. The van der Waals surface area contributed by atoms with Gasteiger partial charge in [0.2, 0.25) is 0 Å². The standard InChI is InChI=1S/C6H15NO3.C6H5.C3H6O3.Hg/c8-4-1-7(2-5-9)3-6-10;1-2-4-6-5-3-1;1-2(4)3(5)6;/h8-10H,1-6H2;1-5H;2,4H,1H3,(H,5,6);/q;;;+1/p-1. The zero-order chi connectivity index (χ0) is 17.7. The monoisotopic (exact) mass is 517 g/mol. The second-order valence-corrected chi connectivity index (χ2v) is 14.9. The molecule has 0 heterocycles. The predicted molar refractivity (Wildman–Crippen MR) is 78.9 cm³/mol. The van der Waals surface area contributed by atoms with Crippen LogP contribution in [0.15, 0.2) is 30.3 Å². The Morgan fingerprint density at radius 1 is 1.09 bits per heavy atom. The van der Waals surface area contributed by atoms with Gasteiger partial charge in [-0.2, -0.15) is 0 Å². The van der Waals surface area contributed by atoms with Gasteiger partial charge in [0, 0.05) is 0 Å². The summed E-state index contributed by atoms with van der Waals surface area (Å²) in [5, 5.41) is 44.9. The summed E-state index contributed by atoms with van der Waals surface area (Å²) in [6.07, 6.45) is -1.34. The van der Waals surface area contributed by atoms with Gasteiger partial charge in [0.1, 0.15) is 0 Å². The maximum absolute atomic E-state index is 9.34. The molecule has 0 aliphatic heterocycles. The van der Waals surface area contributed by atoms with Gasteiger partial charge < -0.3 is 15.0 Å². The number of hydrogen-bond donors (Lipinski definition) is 4. The van der Waals surface area contributed by atoms with Crippen molar-refractivity contribution >= 4 is 9.04 Å². The molecule has 0 bridgehead atoms. The molecule has 0 amide bonds. The number of aliphatic hydroxyl groups excluding tert-OH is 4. The van der Waals surface area contributed by atoms with Gasteiger partial charge in [-0.15, -0.1) is 0 Å². The zero-order valence-corrected chi connectivity index (χ0v) is 19.0. The van der Waals surface area contributed by atoms with Crippen LogP contribution in [0.4, 0.5) is 0 Å². The van der Waals surface area contributed by atoms with Crippen molar-refractivity contribution in [2.24, 2.45) is 0 Å². The van der Waals surface area contributed by atoms with Crippen molar-refractivity contribution in [2.45, 2.75) is 13.0 Å². The zero-order valence-electron chi connectivity index (χ0n) is 13.5. The van der Waals surface area contributed by atoms with E-state index in [0.29, 0.717) is 19.6 Å². The molecule has 0 aromatic heterocycles. The van der Waals surface area contributed by atoms with E-state index < -0.39 is 36.9 Å². The summed E-state index contributed by atoms with van der Waals surface area (Å²) in [5.41, 5.74) is 0. The molecule has 0 fully saturated rings. The molecule has 128 valence electrons.